The van der Waals surface area contributed by atoms with Crippen LogP contribution in [0.2, 0.25) is 10.0 Å². The number of nitrogens with zero attached hydrogens (tertiary/aromatic N) is 1. The lowest BCUT2D eigenvalue weighted by Crippen LogP contribution is -2.03. The summed E-state index contributed by atoms with van der Waals surface area (Å²) in [5.41, 5.74) is 0.183. The minimum atomic E-state index is -0.526. The Kier molecular flexibility index (Phi) is 4.58. The minimum absolute atomic E-state index is 0.122. The van der Waals surface area contributed by atoms with Gasteiger partial charge in [-0.25, -0.2) is 0 Å². The summed E-state index contributed by atoms with van der Waals surface area (Å²) >= 11 is 14.6. The smallest absolute Gasteiger partial charge is 0.293 e. The summed E-state index contributed by atoms with van der Waals surface area (Å²) in [6.07, 6.45) is 0. The molecule has 0 amide bonds. The fourth-order valence-corrected chi connectivity index (χ4v) is 1.48. The number of rotatable bonds is 4. The van der Waals surface area contributed by atoms with Crippen LogP contribution in [0.3, 0.4) is 0 Å². The van der Waals surface area contributed by atoms with E-state index in [2.05, 4.69) is 27.8 Å². The van der Waals surface area contributed by atoms with E-state index in [4.69, 9.17) is 23.2 Å². The molecular weight excluding hydrogens is 319 g/mol. The first-order chi connectivity index (χ1) is 7.41. The molecule has 0 aliphatic carbocycles. The van der Waals surface area contributed by atoms with Gasteiger partial charge in [-0.15, -0.1) is 0 Å². The van der Waals surface area contributed by atoms with Crippen molar-refractivity contribution in [2.75, 3.05) is 11.9 Å². The molecule has 0 saturated heterocycles. The monoisotopic (exact) mass is 324 g/mol. The Hall–Kier alpha value is -0.780. The molecule has 1 N–H and O–H groups in total. The van der Waals surface area contributed by atoms with E-state index in [1.165, 1.54) is 12.1 Å². The summed E-state index contributed by atoms with van der Waals surface area (Å²) in [5.74, 6) is 0. The molecule has 4 nitrogen and oxygen atoms in total. The van der Waals surface area contributed by atoms with Gasteiger partial charge in [0, 0.05) is 17.1 Å². The predicted molar refractivity (Wildman–Crippen MR) is 69.7 cm³/mol. The van der Waals surface area contributed by atoms with Gasteiger partial charge in [-0.1, -0.05) is 45.7 Å². The third kappa shape index (κ3) is 3.37. The van der Waals surface area contributed by atoms with Gasteiger partial charge in [0.15, 0.2) is 0 Å². The number of nitrogens with one attached hydrogen (secondary N) is 1. The summed E-state index contributed by atoms with van der Waals surface area (Å²) in [5, 5.41) is 14.0. The lowest BCUT2D eigenvalue weighted by molar-refractivity contribution is -0.383. The molecule has 1 aromatic carbocycles. The molecule has 16 heavy (non-hydrogen) atoms. The number of hydrogen-bond acceptors (Lipinski definition) is 3. The van der Waals surface area contributed by atoms with Gasteiger partial charge in [0.05, 0.1) is 15.0 Å². The first kappa shape index (κ1) is 13.3. The van der Waals surface area contributed by atoms with Crippen molar-refractivity contribution >= 4 is 50.5 Å². The summed E-state index contributed by atoms with van der Waals surface area (Å²) < 4.78 is 0.674. The molecule has 0 aliphatic rings. The third-order valence-corrected chi connectivity index (χ3v) is 2.71. The van der Waals surface area contributed by atoms with E-state index >= 15 is 0 Å². The first-order valence-electron chi connectivity index (χ1n) is 4.12. The van der Waals surface area contributed by atoms with E-state index in [-0.39, 0.29) is 15.7 Å². The average molecular weight is 326 g/mol. The van der Waals surface area contributed by atoms with E-state index in [1.807, 2.05) is 0 Å². The highest BCUT2D eigenvalue weighted by atomic mass is 79.9. The molecule has 0 bridgehead atoms. The number of nitro groups is 1. The Labute approximate surface area is 111 Å². The quantitative estimate of drug-likeness (QED) is 0.666. The molecule has 0 atom stereocenters. The lowest BCUT2D eigenvalue weighted by atomic mass is 10.2. The van der Waals surface area contributed by atoms with Crippen molar-refractivity contribution in [3.8, 4) is 0 Å². The average Bonchev–Trinajstić information content (AvgIpc) is 2.18. The Morgan fingerprint density at radius 1 is 1.50 bits per heavy atom. The van der Waals surface area contributed by atoms with Crippen molar-refractivity contribution < 1.29 is 4.92 Å². The van der Waals surface area contributed by atoms with Crippen LogP contribution in [0.4, 0.5) is 11.4 Å². The van der Waals surface area contributed by atoms with E-state index in [0.29, 0.717) is 16.7 Å². The largest absolute Gasteiger partial charge is 0.375 e. The number of anilines is 1. The van der Waals surface area contributed by atoms with Gasteiger partial charge in [0.1, 0.15) is 5.69 Å². The van der Waals surface area contributed by atoms with Crippen LogP contribution in [0.5, 0.6) is 0 Å². The summed E-state index contributed by atoms with van der Waals surface area (Å²) in [4.78, 5) is 10.2. The minimum Gasteiger partial charge on any atom is -0.375 e. The van der Waals surface area contributed by atoms with Crippen LogP contribution in [-0.4, -0.2) is 11.5 Å². The highest BCUT2D eigenvalue weighted by molar-refractivity contribution is 9.11. The summed E-state index contributed by atoms with van der Waals surface area (Å²) in [6, 6.07) is 2.63. The van der Waals surface area contributed by atoms with Crippen LogP contribution < -0.4 is 5.32 Å². The SMILES string of the molecule is C=C(Br)CNc1cc(Cl)c(Cl)cc1[N+](=O)[O-]. The highest BCUT2D eigenvalue weighted by Gasteiger charge is 2.16. The van der Waals surface area contributed by atoms with Crippen molar-refractivity contribution in [1.29, 1.82) is 0 Å². The molecule has 1 rings (SSSR count). The maximum atomic E-state index is 10.8. The highest BCUT2D eigenvalue weighted by Crippen LogP contribution is 2.34. The van der Waals surface area contributed by atoms with Crippen molar-refractivity contribution in [1.82, 2.24) is 0 Å². The Morgan fingerprint density at radius 3 is 2.56 bits per heavy atom. The maximum Gasteiger partial charge on any atom is 0.293 e. The van der Waals surface area contributed by atoms with Crippen LogP contribution in [0.1, 0.15) is 0 Å². The van der Waals surface area contributed by atoms with Crippen molar-refractivity contribution in [3.05, 3.63) is 43.4 Å². The topological polar surface area (TPSA) is 55.2 Å². The molecule has 0 fully saturated rings. The number of benzene rings is 1. The van der Waals surface area contributed by atoms with Gasteiger partial charge in [-0.2, -0.15) is 0 Å². The Morgan fingerprint density at radius 2 is 2.06 bits per heavy atom. The second-order valence-corrected chi connectivity index (χ2v) is 4.85. The second kappa shape index (κ2) is 5.52. The van der Waals surface area contributed by atoms with E-state index in [0.717, 1.165) is 0 Å². The first-order valence-corrected chi connectivity index (χ1v) is 5.67. The second-order valence-electron chi connectivity index (χ2n) is 2.91. The molecule has 0 radical (unpaired) electrons. The van der Waals surface area contributed by atoms with Gasteiger partial charge >= 0.3 is 0 Å². The van der Waals surface area contributed by atoms with Crippen molar-refractivity contribution in [2.45, 2.75) is 0 Å². The number of hydrogen-bond donors (Lipinski definition) is 1. The van der Waals surface area contributed by atoms with Gasteiger partial charge in [0.25, 0.3) is 5.69 Å². The van der Waals surface area contributed by atoms with E-state index in [9.17, 15) is 10.1 Å². The normalized spacial score (nSPS) is 9.94. The number of halogens is 3. The zero-order valence-electron chi connectivity index (χ0n) is 7.97. The molecule has 0 saturated carbocycles. The third-order valence-electron chi connectivity index (χ3n) is 1.71. The molecule has 86 valence electrons. The number of nitro benzene ring substituents is 1. The van der Waals surface area contributed by atoms with Crippen LogP contribution in [-0.2, 0) is 0 Å². The Balaban J connectivity index is 3.09. The molecular formula is C9H7BrCl2N2O2. The molecule has 7 heteroatoms. The van der Waals surface area contributed by atoms with Gasteiger partial charge < -0.3 is 5.32 Å². The van der Waals surface area contributed by atoms with Crippen LogP contribution >= 0.6 is 39.1 Å². The molecule has 1 aromatic rings. The molecule has 0 heterocycles. The summed E-state index contributed by atoms with van der Waals surface area (Å²) in [7, 11) is 0. The fourth-order valence-electron chi connectivity index (χ4n) is 1.02. The van der Waals surface area contributed by atoms with Gasteiger partial charge in [-0.3, -0.25) is 10.1 Å². The molecule has 0 unspecified atom stereocenters. The molecule has 0 aromatic heterocycles. The fraction of sp³-hybridized carbons (Fsp3) is 0.111. The lowest BCUT2D eigenvalue weighted by Gasteiger charge is -2.07. The van der Waals surface area contributed by atoms with Crippen LogP contribution in [0.15, 0.2) is 23.2 Å². The zero-order chi connectivity index (χ0) is 12.3. The zero-order valence-corrected chi connectivity index (χ0v) is 11.1. The molecule has 0 aliphatic heterocycles. The van der Waals surface area contributed by atoms with Crippen molar-refractivity contribution in [2.24, 2.45) is 0 Å². The van der Waals surface area contributed by atoms with Crippen LogP contribution in [0.25, 0.3) is 0 Å². The maximum absolute atomic E-state index is 10.8. The predicted octanol–water partition coefficient (Wildman–Crippen LogP) is 4.22. The molecule has 0 spiro atoms. The van der Waals surface area contributed by atoms with E-state index < -0.39 is 4.92 Å². The van der Waals surface area contributed by atoms with Gasteiger partial charge in [-0.05, 0) is 6.07 Å². The summed E-state index contributed by atoms with van der Waals surface area (Å²) in [6.45, 7) is 3.97. The standard InChI is InChI=1S/C9H7BrCl2N2O2/c1-5(10)4-13-8-2-6(11)7(12)3-9(8)14(15)16/h2-3,13H,1,4H2. The van der Waals surface area contributed by atoms with E-state index in [1.54, 1.807) is 0 Å². The van der Waals surface area contributed by atoms with Gasteiger partial charge in [0.2, 0.25) is 0 Å². The van der Waals surface area contributed by atoms with Crippen LogP contribution in [0, 0.1) is 10.1 Å². The Bertz CT molecular complexity index is 451. The van der Waals surface area contributed by atoms with Crippen molar-refractivity contribution in [3.63, 3.8) is 0 Å².